The van der Waals surface area contributed by atoms with E-state index < -0.39 is 5.91 Å². The fraction of sp³-hybridized carbons (Fsp3) is 0.296. The van der Waals surface area contributed by atoms with Crippen LogP contribution in [0.15, 0.2) is 66.9 Å². The first kappa shape index (κ1) is 24.8. The summed E-state index contributed by atoms with van der Waals surface area (Å²) >= 11 is 0. The number of carbonyl (C=O) groups excluding carboxylic acids is 2. The molecular weight excluding hydrogens is 454 g/mol. The minimum Gasteiger partial charge on any atom is -0.380 e. The number of anilines is 4. The molecule has 1 saturated heterocycles. The Kier molecular flexibility index (Phi) is 7.89. The summed E-state index contributed by atoms with van der Waals surface area (Å²) < 4.78 is 0. The summed E-state index contributed by atoms with van der Waals surface area (Å²) in [6.45, 7) is 7.43. The highest BCUT2D eigenvalue weighted by molar-refractivity contribution is 5.98. The topological polar surface area (TPSA) is 116 Å². The van der Waals surface area contributed by atoms with Crippen molar-refractivity contribution in [1.29, 1.82) is 0 Å². The number of rotatable bonds is 8. The number of nitrogens with one attached hydrogen (secondary N) is 3. The van der Waals surface area contributed by atoms with Crippen LogP contribution in [0, 0.1) is 0 Å². The van der Waals surface area contributed by atoms with Gasteiger partial charge in [0.05, 0.1) is 11.3 Å². The molecule has 9 heteroatoms. The van der Waals surface area contributed by atoms with E-state index in [2.05, 4.69) is 38.0 Å². The molecule has 1 fully saturated rings. The number of nitrogens with two attached hydrogens (primary N) is 1. The van der Waals surface area contributed by atoms with Crippen molar-refractivity contribution >= 4 is 34.8 Å². The molecule has 2 heterocycles. The fourth-order valence-electron chi connectivity index (χ4n) is 4.07. The van der Waals surface area contributed by atoms with Crippen LogP contribution in [0.5, 0.6) is 0 Å². The Balaban J connectivity index is 1.38. The maximum absolute atomic E-state index is 12.2. The quantitative estimate of drug-likeness (QED) is 0.384. The van der Waals surface area contributed by atoms with Crippen LogP contribution in [0.1, 0.15) is 29.8 Å². The number of amides is 3. The second-order valence-electron chi connectivity index (χ2n) is 9.07. The van der Waals surface area contributed by atoms with Gasteiger partial charge in [-0.05, 0) is 43.7 Å². The highest BCUT2D eigenvalue weighted by atomic mass is 16.2. The van der Waals surface area contributed by atoms with Gasteiger partial charge in [-0.2, -0.15) is 0 Å². The van der Waals surface area contributed by atoms with Gasteiger partial charge < -0.3 is 31.5 Å². The summed E-state index contributed by atoms with van der Waals surface area (Å²) in [6, 6.07) is 19.9. The Labute approximate surface area is 211 Å². The second kappa shape index (κ2) is 11.4. The predicted molar refractivity (Wildman–Crippen MR) is 144 cm³/mol. The number of primary amides is 1. The standard InChI is InChI=1S/C27H33N7O2/c1-19(2)31-27(36)34-14-12-33(13-15-34)22-10-8-21(9-11-22)32-25-16-24(23(18-30-25)26(28)35)29-17-20-6-4-3-5-7-20/h3-11,16,18-19H,12-15,17H2,1-2H3,(H2,28,35)(H,31,36)(H2,29,30,32). The molecule has 36 heavy (non-hydrogen) atoms. The molecule has 0 atom stereocenters. The molecule has 188 valence electrons. The summed E-state index contributed by atoms with van der Waals surface area (Å²) in [4.78, 5) is 32.6. The van der Waals surface area contributed by atoms with E-state index in [1.54, 1.807) is 6.07 Å². The Morgan fingerprint density at radius 3 is 2.33 bits per heavy atom. The molecule has 0 spiro atoms. The summed E-state index contributed by atoms with van der Waals surface area (Å²) in [7, 11) is 0. The summed E-state index contributed by atoms with van der Waals surface area (Å²) in [5.74, 6) is 0.0730. The van der Waals surface area contributed by atoms with E-state index in [1.807, 2.05) is 61.2 Å². The molecule has 5 N–H and O–H groups in total. The first-order chi connectivity index (χ1) is 17.4. The van der Waals surface area contributed by atoms with E-state index >= 15 is 0 Å². The number of hydrogen-bond donors (Lipinski definition) is 4. The van der Waals surface area contributed by atoms with Crippen molar-refractivity contribution in [1.82, 2.24) is 15.2 Å². The van der Waals surface area contributed by atoms with E-state index in [1.165, 1.54) is 6.20 Å². The lowest BCUT2D eigenvalue weighted by Crippen LogP contribution is -2.52. The fourth-order valence-corrected chi connectivity index (χ4v) is 4.07. The molecule has 1 aliphatic rings. The molecule has 0 saturated carbocycles. The summed E-state index contributed by atoms with van der Waals surface area (Å²) in [6.07, 6.45) is 1.49. The molecule has 0 bridgehead atoms. The highest BCUT2D eigenvalue weighted by Gasteiger charge is 2.21. The summed E-state index contributed by atoms with van der Waals surface area (Å²) in [5.41, 5.74) is 9.59. The van der Waals surface area contributed by atoms with Crippen molar-refractivity contribution in [3.63, 3.8) is 0 Å². The van der Waals surface area contributed by atoms with Gasteiger partial charge in [-0.25, -0.2) is 9.78 Å². The number of piperazine rings is 1. The SMILES string of the molecule is CC(C)NC(=O)N1CCN(c2ccc(Nc3cc(NCc4ccccc4)c(C(N)=O)cn3)cc2)CC1. The van der Waals surface area contributed by atoms with Crippen LogP contribution in [0.4, 0.5) is 27.7 Å². The van der Waals surface area contributed by atoms with Gasteiger partial charge in [-0.3, -0.25) is 4.79 Å². The normalized spacial score (nSPS) is 13.4. The van der Waals surface area contributed by atoms with Gasteiger partial charge in [0.1, 0.15) is 5.82 Å². The predicted octanol–water partition coefficient (Wildman–Crippen LogP) is 3.78. The van der Waals surface area contributed by atoms with Gasteiger partial charge in [0.2, 0.25) is 0 Å². The average molecular weight is 488 g/mol. The third-order valence-corrected chi connectivity index (χ3v) is 5.98. The van der Waals surface area contributed by atoms with Crippen LogP contribution < -0.4 is 26.6 Å². The summed E-state index contributed by atoms with van der Waals surface area (Å²) in [5, 5.41) is 9.54. The molecule has 2 aromatic carbocycles. The largest absolute Gasteiger partial charge is 0.380 e. The number of hydrogen-bond acceptors (Lipinski definition) is 6. The zero-order valence-electron chi connectivity index (χ0n) is 20.7. The number of aromatic nitrogens is 1. The van der Waals surface area contributed by atoms with Crippen molar-refractivity contribution in [3.8, 4) is 0 Å². The van der Waals surface area contributed by atoms with Crippen LogP contribution >= 0.6 is 0 Å². The Morgan fingerprint density at radius 2 is 1.69 bits per heavy atom. The van der Waals surface area contributed by atoms with Gasteiger partial charge >= 0.3 is 6.03 Å². The zero-order chi connectivity index (χ0) is 25.5. The van der Waals surface area contributed by atoms with Crippen molar-refractivity contribution in [2.75, 3.05) is 41.7 Å². The minimum atomic E-state index is -0.532. The number of pyridine rings is 1. The van der Waals surface area contributed by atoms with E-state index in [9.17, 15) is 9.59 Å². The van der Waals surface area contributed by atoms with Crippen LogP contribution in [0.25, 0.3) is 0 Å². The first-order valence-electron chi connectivity index (χ1n) is 12.1. The zero-order valence-corrected chi connectivity index (χ0v) is 20.7. The molecule has 1 aliphatic heterocycles. The van der Waals surface area contributed by atoms with Gasteiger partial charge in [0.25, 0.3) is 5.91 Å². The van der Waals surface area contributed by atoms with Crippen LogP contribution in [0.2, 0.25) is 0 Å². The smallest absolute Gasteiger partial charge is 0.317 e. The van der Waals surface area contributed by atoms with Gasteiger partial charge in [0, 0.05) is 62.4 Å². The van der Waals surface area contributed by atoms with E-state index in [4.69, 9.17) is 5.73 Å². The van der Waals surface area contributed by atoms with Gasteiger partial charge in [0.15, 0.2) is 0 Å². The molecule has 0 radical (unpaired) electrons. The number of urea groups is 1. The molecule has 3 aromatic rings. The number of benzene rings is 2. The minimum absolute atomic E-state index is 0.00307. The lowest BCUT2D eigenvalue weighted by atomic mass is 10.2. The first-order valence-corrected chi connectivity index (χ1v) is 12.1. The van der Waals surface area contributed by atoms with Gasteiger partial charge in [-0.15, -0.1) is 0 Å². The monoisotopic (exact) mass is 487 g/mol. The van der Waals surface area contributed by atoms with E-state index in [0.717, 1.165) is 30.0 Å². The Bertz CT molecular complexity index is 1170. The molecule has 0 unspecified atom stereocenters. The Hall–Kier alpha value is -4.27. The molecule has 3 amide bonds. The van der Waals surface area contributed by atoms with Crippen LogP contribution in [-0.4, -0.2) is 54.0 Å². The number of carbonyl (C=O) groups is 2. The van der Waals surface area contributed by atoms with Crippen LogP contribution in [-0.2, 0) is 6.54 Å². The third kappa shape index (κ3) is 6.44. The van der Waals surface area contributed by atoms with Crippen LogP contribution in [0.3, 0.4) is 0 Å². The van der Waals surface area contributed by atoms with E-state index in [-0.39, 0.29) is 12.1 Å². The van der Waals surface area contributed by atoms with Gasteiger partial charge in [-0.1, -0.05) is 30.3 Å². The third-order valence-electron chi connectivity index (χ3n) is 5.98. The lowest BCUT2D eigenvalue weighted by Gasteiger charge is -2.36. The molecule has 9 nitrogen and oxygen atoms in total. The maximum atomic E-state index is 12.2. The van der Waals surface area contributed by atoms with E-state index in [0.29, 0.717) is 36.7 Å². The Morgan fingerprint density at radius 1 is 1.00 bits per heavy atom. The lowest BCUT2D eigenvalue weighted by molar-refractivity contribution is 0.100. The molecule has 0 aliphatic carbocycles. The van der Waals surface area contributed by atoms with Crippen molar-refractivity contribution in [3.05, 3.63) is 78.0 Å². The molecule has 4 rings (SSSR count). The maximum Gasteiger partial charge on any atom is 0.317 e. The highest BCUT2D eigenvalue weighted by Crippen LogP contribution is 2.24. The number of nitrogens with zero attached hydrogens (tertiary/aromatic N) is 3. The molecular formula is C27H33N7O2. The van der Waals surface area contributed by atoms with Crippen molar-refractivity contribution in [2.24, 2.45) is 5.73 Å². The second-order valence-corrected chi connectivity index (χ2v) is 9.07. The average Bonchev–Trinajstić information content (AvgIpc) is 2.88. The van der Waals surface area contributed by atoms with Crippen molar-refractivity contribution < 1.29 is 9.59 Å². The molecule has 1 aromatic heterocycles. The van der Waals surface area contributed by atoms with Crippen molar-refractivity contribution in [2.45, 2.75) is 26.4 Å².